The van der Waals surface area contributed by atoms with Crippen LogP contribution in [-0.4, -0.2) is 45.5 Å². The normalized spacial score (nSPS) is 11.4. The molecule has 0 aliphatic carbocycles. The number of aliphatic hydroxyl groups excluding tert-OH is 1. The number of hydrogen-bond donors (Lipinski definition) is 2. The Morgan fingerprint density at radius 2 is 1.68 bits per heavy atom. The van der Waals surface area contributed by atoms with Crippen molar-refractivity contribution in [3.8, 4) is 22.5 Å². The van der Waals surface area contributed by atoms with Gasteiger partial charge in [-0.15, -0.1) is 0 Å². The van der Waals surface area contributed by atoms with Crippen LogP contribution in [0.15, 0.2) is 66.7 Å². The highest BCUT2D eigenvalue weighted by molar-refractivity contribution is 5.99. The van der Waals surface area contributed by atoms with Gasteiger partial charge in [0, 0.05) is 17.7 Å². The second-order valence-corrected chi connectivity index (χ2v) is 7.64. The number of fused-ring (bicyclic) bond motifs is 1. The molecule has 5 nitrogen and oxygen atoms in total. The zero-order valence-corrected chi connectivity index (χ0v) is 17.9. The number of carbonyl (C=O) groups excluding carboxylic acids is 1. The van der Waals surface area contributed by atoms with Gasteiger partial charge in [-0.05, 0) is 54.0 Å². The molecule has 0 bridgehead atoms. The quantitative estimate of drug-likeness (QED) is 0.403. The van der Waals surface area contributed by atoms with Gasteiger partial charge in [0.25, 0.3) is 0 Å². The summed E-state index contributed by atoms with van der Waals surface area (Å²) in [7, 11) is 0. The molecule has 0 fully saturated rings. The van der Waals surface area contributed by atoms with E-state index in [1.165, 1.54) is 11.1 Å². The molecule has 3 aromatic carbocycles. The lowest BCUT2D eigenvalue weighted by molar-refractivity contribution is 0.0904. The molecule has 1 heterocycles. The molecule has 0 amide bonds. The predicted molar refractivity (Wildman–Crippen MR) is 125 cm³/mol. The molecule has 5 heteroatoms. The van der Waals surface area contributed by atoms with E-state index in [-0.39, 0.29) is 5.78 Å². The second-order valence-electron chi connectivity index (χ2n) is 7.64. The van der Waals surface area contributed by atoms with Gasteiger partial charge in [-0.3, -0.25) is 9.69 Å². The summed E-state index contributed by atoms with van der Waals surface area (Å²) in [4.78, 5) is 22.1. The molecule has 0 aliphatic rings. The lowest BCUT2D eigenvalue weighted by Crippen LogP contribution is -2.22. The summed E-state index contributed by atoms with van der Waals surface area (Å²) in [6, 6.07) is 22.3. The number of hydrogen-bond acceptors (Lipinski definition) is 4. The van der Waals surface area contributed by atoms with E-state index in [2.05, 4.69) is 77.2 Å². The van der Waals surface area contributed by atoms with Crippen LogP contribution in [0.5, 0.6) is 0 Å². The molecule has 0 saturated carbocycles. The van der Waals surface area contributed by atoms with Crippen molar-refractivity contribution in [2.24, 2.45) is 0 Å². The largest absolute Gasteiger partial charge is 0.388 e. The number of H-pyrrole nitrogens is 1. The minimum Gasteiger partial charge on any atom is -0.388 e. The molecule has 0 atom stereocenters. The van der Waals surface area contributed by atoms with Crippen LogP contribution in [0.3, 0.4) is 0 Å². The summed E-state index contributed by atoms with van der Waals surface area (Å²) in [5.41, 5.74) is 6.71. The molecule has 0 aliphatic heterocycles. The number of rotatable bonds is 8. The number of Topliss-reactive ketones (excluding diaryl/α,β-unsaturated/α-hetero) is 1. The molecule has 0 radical (unpaired) electrons. The summed E-state index contributed by atoms with van der Waals surface area (Å²) in [6.45, 7) is 6.93. The summed E-state index contributed by atoms with van der Waals surface area (Å²) in [6.07, 6.45) is 0. The number of nitrogens with zero attached hydrogens (tertiary/aromatic N) is 2. The molecule has 4 rings (SSSR count). The Hall–Kier alpha value is -3.28. The van der Waals surface area contributed by atoms with Crippen LogP contribution in [0.25, 0.3) is 33.5 Å². The van der Waals surface area contributed by atoms with E-state index < -0.39 is 6.61 Å². The maximum Gasteiger partial charge on any atom is 0.188 e. The van der Waals surface area contributed by atoms with Gasteiger partial charge < -0.3 is 10.1 Å². The zero-order valence-electron chi connectivity index (χ0n) is 17.9. The molecular weight excluding hydrogens is 386 g/mol. The van der Waals surface area contributed by atoms with Crippen molar-refractivity contribution < 1.29 is 9.90 Å². The standard InChI is InChI=1S/C26H27N3O2/c1-3-29(4-2)16-18-6-5-7-21(14-18)19-8-10-20(11-9-19)26-27-23-13-12-22(25(31)17-30)15-24(23)28-26/h5-15,30H,3-4,16-17H2,1-2H3,(H,27,28). The van der Waals surface area contributed by atoms with E-state index in [0.29, 0.717) is 5.56 Å². The van der Waals surface area contributed by atoms with Gasteiger partial charge in [-0.25, -0.2) is 4.98 Å². The minimum absolute atomic E-state index is 0.300. The molecule has 0 saturated heterocycles. The van der Waals surface area contributed by atoms with E-state index >= 15 is 0 Å². The van der Waals surface area contributed by atoms with E-state index in [0.717, 1.165) is 47.6 Å². The van der Waals surface area contributed by atoms with E-state index in [1.807, 2.05) is 0 Å². The van der Waals surface area contributed by atoms with Crippen LogP contribution in [0.1, 0.15) is 29.8 Å². The monoisotopic (exact) mass is 413 g/mol. The first-order valence-electron chi connectivity index (χ1n) is 10.7. The fourth-order valence-corrected chi connectivity index (χ4v) is 3.79. The number of aliphatic hydroxyl groups is 1. The van der Waals surface area contributed by atoms with E-state index in [1.54, 1.807) is 18.2 Å². The third-order valence-electron chi connectivity index (χ3n) is 5.67. The number of carbonyl (C=O) groups is 1. The van der Waals surface area contributed by atoms with Crippen LogP contribution in [-0.2, 0) is 6.54 Å². The Labute approximate surface area is 182 Å². The van der Waals surface area contributed by atoms with Gasteiger partial charge in [-0.2, -0.15) is 0 Å². The third-order valence-corrected chi connectivity index (χ3v) is 5.67. The van der Waals surface area contributed by atoms with Crippen LogP contribution < -0.4 is 0 Å². The van der Waals surface area contributed by atoms with E-state index in [9.17, 15) is 4.79 Å². The number of ketones is 1. The van der Waals surface area contributed by atoms with Crippen molar-refractivity contribution in [2.75, 3.05) is 19.7 Å². The van der Waals surface area contributed by atoms with Gasteiger partial charge in [0.2, 0.25) is 0 Å². The average Bonchev–Trinajstić information content (AvgIpc) is 3.25. The van der Waals surface area contributed by atoms with Gasteiger partial charge >= 0.3 is 0 Å². The Bertz CT molecular complexity index is 1190. The third kappa shape index (κ3) is 4.58. The van der Waals surface area contributed by atoms with Crippen molar-refractivity contribution in [2.45, 2.75) is 20.4 Å². The highest BCUT2D eigenvalue weighted by atomic mass is 16.3. The molecule has 4 aromatic rings. The summed E-state index contributed by atoms with van der Waals surface area (Å²) in [5.74, 6) is 0.455. The average molecular weight is 414 g/mol. The van der Waals surface area contributed by atoms with Gasteiger partial charge in [0.05, 0.1) is 11.0 Å². The Balaban J connectivity index is 1.58. The smallest absolute Gasteiger partial charge is 0.188 e. The SMILES string of the molecule is CCN(CC)Cc1cccc(-c2ccc(-c3nc4ccc(C(=O)CO)cc4[nH]3)cc2)c1. The fourth-order valence-electron chi connectivity index (χ4n) is 3.79. The van der Waals surface area contributed by atoms with Crippen molar-refractivity contribution in [1.82, 2.24) is 14.9 Å². The molecular formula is C26H27N3O2. The maximum atomic E-state index is 11.7. The van der Waals surface area contributed by atoms with Crippen LogP contribution in [0.2, 0.25) is 0 Å². The number of benzene rings is 3. The van der Waals surface area contributed by atoms with E-state index in [4.69, 9.17) is 5.11 Å². The number of imidazole rings is 1. The highest BCUT2D eigenvalue weighted by Crippen LogP contribution is 2.26. The first kappa shape index (κ1) is 21.0. The van der Waals surface area contributed by atoms with Crippen LogP contribution in [0, 0.1) is 0 Å². The van der Waals surface area contributed by atoms with Gasteiger partial charge in [0.15, 0.2) is 5.78 Å². The van der Waals surface area contributed by atoms with Crippen molar-refractivity contribution in [1.29, 1.82) is 0 Å². The van der Waals surface area contributed by atoms with Crippen molar-refractivity contribution in [3.63, 3.8) is 0 Å². The fraction of sp³-hybridized carbons (Fsp3) is 0.231. The Morgan fingerprint density at radius 3 is 2.39 bits per heavy atom. The number of aromatic amines is 1. The summed E-state index contributed by atoms with van der Waals surface area (Å²) >= 11 is 0. The van der Waals surface area contributed by atoms with Crippen molar-refractivity contribution >= 4 is 16.8 Å². The lowest BCUT2D eigenvalue weighted by atomic mass is 10.0. The lowest BCUT2D eigenvalue weighted by Gasteiger charge is -2.18. The molecule has 31 heavy (non-hydrogen) atoms. The van der Waals surface area contributed by atoms with Crippen LogP contribution in [0.4, 0.5) is 0 Å². The molecule has 0 spiro atoms. The van der Waals surface area contributed by atoms with Crippen LogP contribution >= 0.6 is 0 Å². The number of nitrogens with one attached hydrogen (secondary N) is 1. The Morgan fingerprint density at radius 1 is 0.935 bits per heavy atom. The first-order valence-corrected chi connectivity index (χ1v) is 10.7. The predicted octanol–water partition coefficient (Wildman–Crippen LogP) is 4.91. The zero-order chi connectivity index (χ0) is 21.8. The van der Waals surface area contributed by atoms with Gasteiger partial charge in [0.1, 0.15) is 12.4 Å². The topological polar surface area (TPSA) is 69.2 Å². The second kappa shape index (κ2) is 9.25. The highest BCUT2D eigenvalue weighted by Gasteiger charge is 2.10. The molecule has 1 aromatic heterocycles. The van der Waals surface area contributed by atoms with Crippen molar-refractivity contribution in [3.05, 3.63) is 77.9 Å². The minimum atomic E-state index is -0.496. The summed E-state index contributed by atoms with van der Waals surface area (Å²) in [5, 5.41) is 9.07. The molecule has 158 valence electrons. The van der Waals surface area contributed by atoms with Gasteiger partial charge in [-0.1, -0.05) is 56.3 Å². The first-order chi connectivity index (χ1) is 15.1. The molecule has 0 unspecified atom stereocenters. The molecule has 2 N–H and O–H groups in total. The Kier molecular flexibility index (Phi) is 6.26. The maximum absolute atomic E-state index is 11.7. The summed E-state index contributed by atoms with van der Waals surface area (Å²) < 4.78 is 0. The number of aromatic nitrogens is 2.